The van der Waals surface area contributed by atoms with Gasteiger partial charge in [-0.3, -0.25) is 10.1 Å². The molecule has 0 N–H and O–H groups in total. The van der Waals surface area contributed by atoms with E-state index in [4.69, 9.17) is 0 Å². The van der Waals surface area contributed by atoms with Crippen molar-refractivity contribution in [2.45, 2.75) is 31.6 Å². The Morgan fingerprint density at radius 3 is 2.62 bits per heavy atom. The molecule has 3 rings (SSSR count). The van der Waals surface area contributed by atoms with E-state index in [1.165, 1.54) is 12.1 Å². The van der Waals surface area contributed by atoms with E-state index in [2.05, 4.69) is 0 Å². The number of alkyl halides is 2. The maximum atomic E-state index is 14.1. The van der Waals surface area contributed by atoms with Gasteiger partial charge in [0.05, 0.1) is 16.7 Å². The highest BCUT2D eigenvalue weighted by Gasteiger charge is 2.37. The van der Waals surface area contributed by atoms with Crippen molar-refractivity contribution in [1.82, 2.24) is 0 Å². The Labute approximate surface area is 137 Å². The monoisotopic (exact) mass is 338 g/mol. The number of nitro groups is 1. The van der Waals surface area contributed by atoms with Crippen LogP contribution >= 0.6 is 0 Å². The van der Waals surface area contributed by atoms with Crippen molar-refractivity contribution in [3.8, 4) is 0 Å². The van der Waals surface area contributed by atoms with Crippen LogP contribution in [-0.2, 0) is 0 Å². The molecule has 0 unspecified atom stereocenters. The number of hydrogen-bond acceptors (Lipinski definition) is 3. The number of nitrogens with zero attached hydrogens (tertiary/aromatic N) is 2. The van der Waals surface area contributed by atoms with Crippen molar-refractivity contribution in [3.05, 3.63) is 57.4 Å². The van der Waals surface area contributed by atoms with Crippen LogP contribution in [0.25, 0.3) is 0 Å². The molecule has 4 nitrogen and oxygen atoms in total. The van der Waals surface area contributed by atoms with Crippen LogP contribution in [0.2, 0.25) is 0 Å². The Balaban J connectivity index is 1.78. The van der Waals surface area contributed by atoms with Gasteiger partial charge in [0, 0.05) is 31.1 Å². The van der Waals surface area contributed by atoms with Gasteiger partial charge in [-0.1, -0.05) is 12.2 Å². The fraction of sp³-hybridized carbons (Fsp3) is 0.412. The van der Waals surface area contributed by atoms with Crippen LogP contribution < -0.4 is 4.90 Å². The first-order valence-corrected chi connectivity index (χ1v) is 7.85. The SMILES string of the molecule is O=[N+]([O-])c1ccc(N2CC=C(C3=CCCCC3(F)F)CC2)c(F)c1. The first-order valence-electron chi connectivity index (χ1n) is 7.85. The van der Waals surface area contributed by atoms with Crippen LogP contribution in [-0.4, -0.2) is 23.9 Å². The number of rotatable bonds is 3. The summed E-state index contributed by atoms with van der Waals surface area (Å²) in [6.45, 7) is 0.700. The fourth-order valence-corrected chi connectivity index (χ4v) is 3.22. The number of non-ortho nitro benzene ring substituents is 1. The Bertz CT molecular complexity index is 729. The zero-order chi connectivity index (χ0) is 17.3. The van der Waals surface area contributed by atoms with E-state index in [0.29, 0.717) is 37.9 Å². The number of allylic oxidation sites excluding steroid dienone is 2. The molecule has 0 radical (unpaired) electrons. The molecule has 0 fully saturated rings. The van der Waals surface area contributed by atoms with E-state index in [1.54, 1.807) is 17.1 Å². The molecule has 7 heteroatoms. The Morgan fingerprint density at radius 1 is 1.25 bits per heavy atom. The Hall–Kier alpha value is -2.31. The van der Waals surface area contributed by atoms with E-state index < -0.39 is 16.7 Å². The van der Waals surface area contributed by atoms with Gasteiger partial charge in [-0.2, -0.15) is 0 Å². The number of hydrogen-bond donors (Lipinski definition) is 0. The molecule has 0 amide bonds. The van der Waals surface area contributed by atoms with Crippen LogP contribution in [0.5, 0.6) is 0 Å². The normalized spacial score (nSPS) is 20.4. The van der Waals surface area contributed by atoms with Crippen LogP contribution in [0, 0.1) is 15.9 Å². The molecule has 24 heavy (non-hydrogen) atoms. The lowest BCUT2D eigenvalue weighted by molar-refractivity contribution is -0.385. The highest BCUT2D eigenvalue weighted by molar-refractivity contribution is 5.54. The standard InChI is InChI=1S/C17H17F3N2O2/c18-15-11-13(22(23)24)4-5-16(15)21-9-6-12(7-10-21)14-3-1-2-8-17(14,19)20/h3-6,11H,1-2,7-10H2. The highest BCUT2D eigenvalue weighted by Crippen LogP contribution is 2.40. The molecule has 1 aliphatic heterocycles. The molecule has 0 atom stereocenters. The summed E-state index contributed by atoms with van der Waals surface area (Å²) >= 11 is 0. The maximum Gasteiger partial charge on any atom is 0.273 e. The molecule has 1 aromatic rings. The van der Waals surface area contributed by atoms with Gasteiger partial charge in [-0.15, -0.1) is 0 Å². The van der Waals surface area contributed by atoms with E-state index >= 15 is 0 Å². The van der Waals surface area contributed by atoms with Crippen LogP contribution in [0.3, 0.4) is 0 Å². The lowest BCUT2D eigenvalue weighted by Gasteiger charge is -2.32. The summed E-state index contributed by atoms with van der Waals surface area (Å²) in [5.41, 5.74) is 0.674. The van der Waals surface area contributed by atoms with Crippen LogP contribution in [0.4, 0.5) is 24.5 Å². The summed E-state index contributed by atoms with van der Waals surface area (Å²) in [6.07, 6.45) is 4.73. The number of benzene rings is 1. The Morgan fingerprint density at radius 2 is 2.04 bits per heavy atom. The third kappa shape index (κ3) is 3.16. The summed E-state index contributed by atoms with van der Waals surface area (Å²) in [5.74, 6) is -3.46. The molecule has 0 aromatic heterocycles. The summed E-state index contributed by atoms with van der Waals surface area (Å²) in [7, 11) is 0. The molecule has 1 aromatic carbocycles. The van der Waals surface area contributed by atoms with Gasteiger partial charge in [0.1, 0.15) is 0 Å². The summed E-state index contributed by atoms with van der Waals surface area (Å²) in [5, 5.41) is 10.7. The molecule has 1 aliphatic carbocycles. The largest absolute Gasteiger partial charge is 0.365 e. The number of anilines is 1. The summed E-state index contributed by atoms with van der Waals surface area (Å²) in [4.78, 5) is 11.7. The smallest absolute Gasteiger partial charge is 0.273 e. The minimum Gasteiger partial charge on any atom is -0.365 e. The quantitative estimate of drug-likeness (QED) is 0.597. The molecular weight excluding hydrogens is 321 g/mol. The molecule has 2 aliphatic rings. The predicted molar refractivity (Wildman–Crippen MR) is 84.8 cm³/mol. The first kappa shape index (κ1) is 16.5. The number of nitro benzene ring substituents is 1. The lowest BCUT2D eigenvalue weighted by Crippen LogP contribution is -2.32. The van der Waals surface area contributed by atoms with Gasteiger partial charge < -0.3 is 4.90 Å². The van der Waals surface area contributed by atoms with Crippen LogP contribution in [0.15, 0.2) is 41.5 Å². The minimum absolute atomic E-state index is 0.109. The van der Waals surface area contributed by atoms with E-state index in [0.717, 1.165) is 6.07 Å². The molecule has 0 saturated carbocycles. The van der Waals surface area contributed by atoms with Crippen molar-refractivity contribution in [2.75, 3.05) is 18.0 Å². The lowest BCUT2D eigenvalue weighted by atomic mass is 9.87. The van der Waals surface area contributed by atoms with Crippen molar-refractivity contribution in [3.63, 3.8) is 0 Å². The second-order valence-electron chi connectivity index (χ2n) is 6.03. The molecule has 0 bridgehead atoms. The van der Waals surface area contributed by atoms with Gasteiger partial charge in [0.2, 0.25) is 0 Å². The number of halogens is 3. The third-order valence-electron chi connectivity index (χ3n) is 4.48. The molecule has 0 spiro atoms. The van der Waals surface area contributed by atoms with E-state index in [1.807, 2.05) is 0 Å². The third-order valence-corrected chi connectivity index (χ3v) is 4.48. The topological polar surface area (TPSA) is 46.4 Å². The van der Waals surface area contributed by atoms with Crippen molar-refractivity contribution >= 4 is 11.4 Å². The van der Waals surface area contributed by atoms with Gasteiger partial charge >= 0.3 is 0 Å². The average molecular weight is 338 g/mol. The second-order valence-corrected chi connectivity index (χ2v) is 6.03. The zero-order valence-corrected chi connectivity index (χ0v) is 13.0. The molecular formula is C17H17F3N2O2. The first-order chi connectivity index (χ1) is 11.4. The molecule has 1 heterocycles. The van der Waals surface area contributed by atoms with Gasteiger partial charge in [0.15, 0.2) is 5.82 Å². The van der Waals surface area contributed by atoms with Crippen molar-refractivity contribution < 1.29 is 18.1 Å². The summed E-state index contributed by atoms with van der Waals surface area (Å²) < 4.78 is 42.1. The maximum absolute atomic E-state index is 14.1. The highest BCUT2D eigenvalue weighted by atomic mass is 19.3. The fourth-order valence-electron chi connectivity index (χ4n) is 3.22. The van der Waals surface area contributed by atoms with Crippen LogP contribution in [0.1, 0.15) is 25.7 Å². The summed E-state index contributed by atoms with van der Waals surface area (Å²) in [6, 6.07) is 3.49. The zero-order valence-electron chi connectivity index (χ0n) is 13.0. The van der Waals surface area contributed by atoms with Crippen molar-refractivity contribution in [1.29, 1.82) is 0 Å². The minimum atomic E-state index is -2.79. The van der Waals surface area contributed by atoms with Gasteiger partial charge in [0.25, 0.3) is 11.6 Å². The van der Waals surface area contributed by atoms with E-state index in [9.17, 15) is 23.3 Å². The average Bonchev–Trinajstić information content (AvgIpc) is 2.54. The predicted octanol–water partition coefficient (Wildman–Crippen LogP) is 4.62. The molecule has 0 saturated heterocycles. The van der Waals surface area contributed by atoms with Crippen molar-refractivity contribution in [2.24, 2.45) is 0 Å². The van der Waals surface area contributed by atoms with E-state index in [-0.39, 0.29) is 23.4 Å². The van der Waals surface area contributed by atoms with Gasteiger partial charge in [-0.05, 0) is 30.9 Å². The molecule has 128 valence electrons. The Kier molecular flexibility index (Phi) is 4.34. The second kappa shape index (κ2) is 6.30. The van der Waals surface area contributed by atoms with Gasteiger partial charge in [-0.25, -0.2) is 13.2 Å².